The van der Waals surface area contributed by atoms with Gasteiger partial charge in [-0.1, -0.05) is 0 Å². The second-order valence-electron chi connectivity index (χ2n) is 0.471. The molecule has 0 aliphatic carbocycles. The molecule has 40 valence electrons. The van der Waals surface area contributed by atoms with Crippen LogP contribution in [0.2, 0.25) is 0 Å². The molecule has 0 fully saturated rings. The molecule has 0 bridgehead atoms. The van der Waals surface area contributed by atoms with E-state index in [2.05, 4.69) is 6.58 Å². The van der Waals surface area contributed by atoms with Crippen molar-refractivity contribution in [2.24, 2.45) is 0 Å². The van der Waals surface area contributed by atoms with Gasteiger partial charge in [-0.05, 0) is 0 Å². The van der Waals surface area contributed by atoms with Crippen molar-refractivity contribution in [3.05, 3.63) is 12.7 Å². The van der Waals surface area contributed by atoms with E-state index < -0.39 is 0 Å². The maximum absolute atomic E-state index is 9.67. The molecule has 0 rings (SSSR count). The molecule has 0 aliphatic heterocycles. The van der Waals surface area contributed by atoms with E-state index in [1.807, 2.05) is 0 Å². The minimum atomic E-state index is -0.0370. The molecule has 0 aromatic carbocycles. The van der Waals surface area contributed by atoms with Crippen molar-refractivity contribution >= 4 is 32.6 Å². The number of hydrogen-bond donors (Lipinski definition) is 0. The molecule has 0 saturated carbocycles. The average molecular weight is 353 g/mol. The number of carbonyl (C=O) groups excluding carboxylic acids is 1. The molecule has 0 N–H and O–H groups in total. The van der Waals surface area contributed by atoms with E-state index in [4.69, 9.17) is 0 Å². The van der Waals surface area contributed by atoms with Crippen molar-refractivity contribution in [3.63, 3.8) is 0 Å². The van der Waals surface area contributed by atoms with Crippen molar-refractivity contribution in [2.75, 3.05) is 0 Å². The van der Waals surface area contributed by atoms with Crippen LogP contribution in [-0.4, -0.2) is 32.6 Å². The van der Waals surface area contributed by atoms with Crippen LogP contribution in [0.5, 0.6) is 0 Å². The number of carbonyl (C=O) groups is 1. The van der Waals surface area contributed by atoms with Crippen molar-refractivity contribution in [2.45, 2.75) is 0 Å². The molecule has 0 aromatic heterocycles. The number of hydrogen-bond acceptors (Lipinski definition) is 1. The third kappa shape index (κ3) is 19.7. The molecular weight excluding hydrogens is 350 g/mol. The topological polar surface area (TPSA) is 17.1 Å². The van der Waals surface area contributed by atoms with Gasteiger partial charge >= 0.3 is 42.5 Å². The van der Waals surface area contributed by atoms with E-state index in [9.17, 15) is 4.79 Å². The zero-order chi connectivity index (χ0) is 4.28. The summed E-state index contributed by atoms with van der Waals surface area (Å²) in [6.07, 6.45) is 1.25. The number of allylic oxidation sites excluding steroid dienone is 1. The van der Waals surface area contributed by atoms with Crippen LogP contribution < -0.4 is 0 Å². The van der Waals surface area contributed by atoms with E-state index >= 15 is 0 Å². The van der Waals surface area contributed by atoms with Crippen LogP contribution in [0, 0.1) is 0 Å². The maximum Gasteiger partial charge on any atom is 0 e. The Bertz CT molecular complexity index is 66.0. The van der Waals surface area contributed by atoms with Crippen LogP contribution in [0.15, 0.2) is 12.7 Å². The molecule has 4 heteroatoms. The SMILES string of the molecule is C=C[C](=O)[Au].[Ge].[Si]. The van der Waals surface area contributed by atoms with Crippen LogP contribution in [-0.2, 0) is 25.9 Å². The zero-order valence-corrected chi connectivity index (χ0v) is 8.76. The van der Waals surface area contributed by atoms with Gasteiger partial charge in [-0.15, -0.1) is 0 Å². The Balaban J connectivity index is -0.0000000800. The van der Waals surface area contributed by atoms with Crippen molar-refractivity contribution in [1.29, 1.82) is 0 Å². The molecule has 0 unspecified atom stereocenters. The van der Waals surface area contributed by atoms with Crippen molar-refractivity contribution in [3.8, 4) is 0 Å². The van der Waals surface area contributed by atoms with Gasteiger partial charge in [0, 0.05) is 28.6 Å². The predicted molar refractivity (Wildman–Crippen MR) is 26.7 cm³/mol. The van der Waals surface area contributed by atoms with E-state index in [0.717, 1.165) is 0 Å². The summed E-state index contributed by atoms with van der Waals surface area (Å²) in [4.78, 5) is 9.67. The molecule has 8 radical (unpaired) electrons. The molecule has 0 atom stereocenters. The summed E-state index contributed by atoms with van der Waals surface area (Å²) in [5.74, 6) is 0. The minimum absolute atomic E-state index is 0. The van der Waals surface area contributed by atoms with Crippen LogP contribution >= 0.6 is 0 Å². The van der Waals surface area contributed by atoms with Crippen LogP contribution in [0.3, 0.4) is 0 Å². The number of rotatable bonds is 1. The second-order valence-corrected chi connectivity index (χ2v) is 1.54. The van der Waals surface area contributed by atoms with Gasteiger partial charge in [0.1, 0.15) is 0 Å². The summed E-state index contributed by atoms with van der Waals surface area (Å²) in [6, 6.07) is 0. The fourth-order valence-electron chi connectivity index (χ4n) is 0. The molecular formula is C3H3AuGeOSi. The third-order valence-corrected chi connectivity index (χ3v) is 0.587. The molecule has 0 aromatic rings. The van der Waals surface area contributed by atoms with E-state index in [-0.39, 0.29) is 32.6 Å². The van der Waals surface area contributed by atoms with Gasteiger partial charge in [0.05, 0.1) is 0 Å². The van der Waals surface area contributed by atoms with Crippen LogP contribution in [0.1, 0.15) is 0 Å². The Morgan fingerprint density at radius 2 is 1.86 bits per heavy atom. The van der Waals surface area contributed by atoms with E-state index in [0.29, 0.717) is 0 Å². The molecule has 0 heterocycles. The van der Waals surface area contributed by atoms with Gasteiger partial charge in [-0.3, -0.25) is 0 Å². The van der Waals surface area contributed by atoms with Crippen molar-refractivity contribution in [1.82, 2.24) is 0 Å². The summed E-state index contributed by atoms with van der Waals surface area (Å²) < 4.78 is -0.0370. The first kappa shape index (κ1) is 15.7. The Kier molecular flexibility index (Phi) is 22.4. The second kappa shape index (κ2) is 10.0. The normalized spacial score (nSPS) is 4.86. The van der Waals surface area contributed by atoms with Gasteiger partial charge < -0.3 is 0 Å². The van der Waals surface area contributed by atoms with Gasteiger partial charge in [0.15, 0.2) is 0 Å². The first-order chi connectivity index (χ1) is 2.27. The molecule has 0 aliphatic rings. The van der Waals surface area contributed by atoms with E-state index in [1.165, 1.54) is 6.08 Å². The fourth-order valence-corrected chi connectivity index (χ4v) is 0. The minimum Gasteiger partial charge on any atom is 0 e. The summed E-state index contributed by atoms with van der Waals surface area (Å²) in [5.41, 5.74) is 0. The van der Waals surface area contributed by atoms with Gasteiger partial charge in [0.2, 0.25) is 0 Å². The van der Waals surface area contributed by atoms with Crippen molar-refractivity contribution < 1.29 is 25.9 Å². The Morgan fingerprint density at radius 1 is 1.71 bits per heavy atom. The average Bonchev–Trinajstić information content (AvgIpc) is 1.38. The Hall–Kier alpha value is 0.910. The summed E-state index contributed by atoms with van der Waals surface area (Å²) in [7, 11) is 0. The molecule has 1 nitrogen and oxygen atoms in total. The standard InChI is InChI=1S/C3H3O.Au.Ge.Si/c1-2-3-4;;;/h2H,1H2;;;. The summed E-state index contributed by atoms with van der Waals surface area (Å²) in [6.45, 7) is 3.20. The third-order valence-electron chi connectivity index (χ3n) is 0.145. The van der Waals surface area contributed by atoms with E-state index in [1.54, 1.807) is 21.1 Å². The largest absolute Gasteiger partial charge is 0 e. The van der Waals surface area contributed by atoms with Gasteiger partial charge in [-0.2, -0.15) is 0 Å². The van der Waals surface area contributed by atoms with Gasteiger partial charge in [-0.25, -0.2) is 0 Å². The smallest absolute Gasteiger partial charge is 0 e. The fraction of sp³-hybridized carbons (Fsp3) is 0. The van der Waals surface area contributed by atoms with Crippen LogP contribution in [0.25, 0.3) is 0 Å². The first-order valence-corrected chi connectivity index (χ1v) is 2.14. The summed E-state index contributed by atoms with van der Waals surface area (Å²) in [5, 5.41) is 0. The first-order valence-electron chi connectivity index (χ1n) is 1.05. The Labute approximate surface area is 70.8 Å². The predicted octanol–water partition coefficient (Wildman–Crippen LogP) is -0.516. The molecule has 0 amide bonds. The zero-order valence-electron chi connectivity index (χ0n) is 3.49. The quantitative estimate of drug-likeness (QED) is 0.459. The van der Waals surface area contributed by atoms with Gasteiger partial charge in [0.25, 0.3) is 0 Å². The Morgan fingerprint density at radius 3 is 1.86 bits per heavy atom. The molecule has 0 saturated heterocycles. The molecule has 0 spiro atoms. The maximum atomic E-state index is 9.67. The monoisotopic (exact) mass is 354 g/mol. The van der Waals surface area contributed by atoms with Crippen LogP contribution in [0.4, 0.5) is 0 Å². The summed E-state index contributed by atoms with van der Waals surface area (Å²) >= 11 is 1.81. The molecule has 7 heavy (non-hydrogen) atoms.